The zero-order valence-corrected chi connectivity index (χ0v) is 14.0. The number of benzene rings is 1. The summed E-state index contributed by atoms with van der Waals surface area (Å²) in [4.78, 5) is 12.8. The molecule has 3 heterocycles. The summed E-state index contributed by atoms with van der Waals surface area (Å²) in [6.45, 7) is 4.33. The lowest BCUT2D eigenvalue weighted by atomic mass is 9.94. The molecule has 1 amide bonds. The van der Waals surface area contributed by atoms with Gasteiger partial charge in [0.15, 0.2) is 6.29 Å². The van der Waals surface area contributed by atoms with Crippen LogP contribution in [0, 0.1) is 11.7 Å². The molecule has 8 heteroatoms. The Kier molecular flexibility index (Phi) is 3.78. The van der Waals surface area contributed by atoms with Crippen LogP contribution in [0.3, 0.4) is 0 Å². The third-order valence-electron chi connectivity index (χ3n) is 4.37. The first kappa shape index (κ1) is 15.8. The highest BCUT2D eigenvalue weighted by atomic mass is 19.1. The highest BCUT2D eigenvalue weighted by molar-refractivity contribution is 6.02. The first-order valence-corrected chi connectivity index (χ1v) is 8.17. The van der Waals surface area contributed by atoms with Crippen LogP contribution in [-0.2, 0) is 4.79 Å². The van der Waals surface area contributed by atoms with Crippen LogP contribution < -0.4 is 16.1 Å². The standard InChI is InChI=1S/C17H19FN6O/c1-10(2)14-15(22-17-19-9-21-24(17)16(14)25)12-5-4-11(8-13(12)18)23-7-3-6-20-23/h3-8,10,17,19,21-22H,9H2,1-2H3. The summed E-state index contributed by atoms with van der Waals surface area (Å²) in [5.74, 6) is -0.598. The van der Waals surface area contributed by atoms with Gasteiger partial charge in [-0.3, -0.25) is 10.1 Å². The van der Waals surface area contributed by atoms with Gasteiger partial charge in [0.1, 0.15) is 5.82 Å². The molecule has 0 radical (unpaired) electrons. The molecule has 0 saturated carbocycles. The smallest absolute Gasteiger partial charge is 0.269 e. The van der Waals surface area contributed by atoms with E-state index in [4.69, 9.17) is 0 Å². The van der Waals surface area contributed by atoms with Crippen molar-refractivity contribution in [3.05, 3.63) is 53.6 Å². The van der Waals surface area contributed by atoms with Gasteiger partial charge >= 0.3 is 0 Å². The van der Waals surface area contributed by atoms with Gasteiger partial charge in [0, 0.05) is 29.6 Å². The minimum absolute atomic E-state index is 0.0523. The average Bonchev–Trinajstić information content (AvgIpc) is 3.26. The molecule has 0 bridgehead atoms. The van der Waals surface area contributed by atoms with Crippen molar-refractivity contribution in [3.8, 4) is 5.69 Å². The second-order valence-electron chi connectivity index (χ2n) is 6.32. The van der Waals surface area contributed by atoms with Gasteiger partial charge in [-0.25, -0.2) is 19.5 Å². The van der Waals surface area contributed by atoms with Crippen LogP contribution in [0.25, 0.3) is 11.4 Å². The van der Waals surface area contributed by atoms with Crippen LogP contribution in [0.5, 0.6) is 0 Å². The summed E-state index contributed by atoms with van der Waals surface area (Å²) in [7, 11) is 0. The minimum atomic E-state index is -0.402. The molecular weight excluding hydrogens is 323 g/mol. The number of fused-ring (bicyclic) bond motifs is 1. The molecule has 2 aromatic rings. The van der Waals surface area contributed by atoms with Crippen LogP contribution in [0.2, 0.25) is 0 Å². The fraction of sp³-hybridized carbons (Fsp3) is 0.294. The van der Waals surface area contributed by atoms with Crippen molar-refractivity contribution in [2.75, 3.05) is 6.67 Å². The van der Waals surface area contributed by atoms with Crippen molar-refractivity contribution < 1.29 is 9.18 Å². The lowest BCUT2D eigenvalue weighted by Crippen LogP contribution is -2.56. The molecule has 1 fully saturated rings. The number of aromatic nitrogens is 2. The van der Waals surface area contributed by atoms with E-state index in [1.165, 1.54) is 11.1 Å². The Hall–Kier alpha value is -2.71. The summed E-state index contributed by atoms with van der Waals surface area (Å²) in [6.07, 6.45) is 3.00. The van der Waals surface area contributed by atoms with Gasteiger partial charge in [-0.05, 0) is 24.1 Å². The quantitative estimate of drug-likeness (QED) is 0.781. The number of rotatable bonds is 3. The van der Waals surface area contributed by atoms with Crippen molar-refractivity contribution in [2.24, 2.45) is 5.92 Å². The van der Waals surface area contributed by atoms with E-state index in [0.717, 1.165) is 0 Å². The number of nitrogens with one attached hydrogen (secondary N) is 3. The van der Waals surface area contributed by atoms with Crippen molar-refractivity contribution in [3.63, 3.8) is 0 Å². The molecule has 1 saturated heterocycles. The molecule has 1 unspecified atom stereocenters. The second kappa shape index (κ2) is 5.98. The van der Waals surface area contributed by atoms with Crippen LogP contribution in [-0.4, -0.2) is 33.7 Å². The molecule has 3 N–H and O–H groups in total. The fourth-order valence-corrected chi connectivity index (χ4v) is 3.20. The Morgan fingerprint density at radius 1 is 1.36 bits per heavy atom. The lowest BCUT2D eigenvalue weighted by molar-refractivity contribution is -0.132. The summed E-state index contributed by atoms with van der Waals surface area (Å²) >= 11 is 0. The maximum atomic E-state index is 14.9. The zero-order valence-electron chi connectivity index (χ0n) is 14.0. The predicted molar refractivity (Wildman–Crippen MR) is 90.2 cm³/mol. The van der Waals surface area contributed by atoms with Crippen molar-refractivity contribution >= 4 is 11.6 Å². The van der Waals surface area contributed by atoms with Gasteiger partial charge < -0.3 is 5.32 Å². The Balaban J connectivity index is 1.80. The van der Waals surface area contributed by atoms with E-state index >= 15 is 0 Å². The Bertz CT molecular complexity index is 845. The Morgan fingerprint density at radius 2 is 2.20 bits per heavy atom. The number of nitrogens with zero attached hydrogens (tertiary/aromatic N) is 3. The van der Waals surface area contributed by atoms with Crippen LogP contribution in [0.1, 0.15) is 19.4 Å². The highest BCUT2D eigenvalue weighted by Crippen LogP contribution is 2.30. The number of hydrogen-bond acceptors (Lipinski definition) is 5. The van der Waals surface area contributed by atoms with Crippen molar-refractivity contribution in [1.82, 2.24) is 30.8 Å². The van der Waals surface area contributed by atoms with E-state index in [9.17, 15) is 9.18 Å². The summed E-state index contributed by atoms with van der Waals surface area (Å²) in [5, 5.41) is 12.0. The van der Waals surface area contributed by atoms with E-state index < -0.39 is 12.1 Å². The first-order chi connectivity index (χ1) is 12.1. The number of halogens is 1. The highest BCUT2D eigenvalue weighted by Gasteiger charge is 2.38. The first-order valence-electron chi connectivity index (χ1n) is 8.17. The average molecular weight is 342 g/mol. The molecule has 130 valence electrons. The normalized spacial score (nSPS) is 20.2. The molecule has 2 aliphatic rings. The molecular formula is C17H19FN6O. The van der Waals surface area contributed by atoms with Crippen LogP contribution in [0.4, 0.5) is 4.39 Å². The van der Waals surface area contributed by atoms with E-state index in [2.05, 4.69) is 21.2 Å². The van der Waals surface area contributed by atoms with Gasteiger partial charge in [0.25, 0.3) is 5.91 Å². The molecule has 25 heavy (non-hydrogen) atoms. The molecule has 1 aromatic carbocycles. The molecule has 4 rings (SSSR count). The molecule has 1 aromatic heterocycles. The molecule has 7 nitrogen and oxygen atoms in total. The third-order valence-corrected chi connectivity index (χ3v) is 4.37. The SMILES string of the molecule is CC(C)C1=C(c2ccc(-n3cccn3)cc2F)NC2NCNN2C1=O. The zero-order chi connectivity index (χ0) is 17.6. The van der Waals surface area contributed by atoms with Gasteiger partial charge in [-0.2, -0.15) is 5.10 Å². The maximum absolute atomic E-state index is 14.9. The monoisotopic (exact) mass is 342 g/mol. The number of hydrazine groups is 1. The van der Waals surface area contributed by atoms with Crippen LogP contribution >= 0.6 is 0 Å². The maximum Gasteiger partial charge on any atom is 0.269 e. The third kappa shape index (κ3) is 2.59. The van der Waals surface area contributed by atoms with E-state index in [1.807, 2.05) is 13.8 Å². The van der Waals surface area contributed by atoms with Gasteiger partial charge in [-0.1, -0.05) is 13.8 Å². The summed E-state index contributed by atoms with van der Waals surface area (Å²) in [5.41, 5.74) is 5.06. The molecule has 2 aliphatic heterocycles. The fourth-order valence-electron chi connectivity index (χ4n) is 3.20. The van der Waals surface area contributed by atoms with Crippen molar-refractivity contribution in [1.29, 1.82) is 0 Å². The molecule has 0 aliphatic carbocycles. The number of amides is 1. The largest absolute Gasteiger partial charge is 0.351 e. The number of carbonyl (C=O) groups excluding carboxylic acids is 1. The number of carbonyl (C=O) groups is 1. The van der Waals surface area contributed by atoms with E-state index in [0.29, 0.717) is 29.2 Å². The Morgan fingerprint density at radius 3 is 2.88 bits per heavy atom. The predicted octanol–water partition coefficient (Wildman–Crippen LogP) is 1.16. The minimum Gasteiger partial charge on any atom is -0.351 e. The van der Waals surface area contributed by atoms with Crippen LogP contribution in [0.15, 0.2) is 42.2 Å². The molecule has 0 spiro atoms. The van der Waals surface area contributed by atoms with Gasteiger partial charge in [0.2, 0.25) is 0 Å². The topological polar surface area (TPSA) is 74.2 Å². The Labute approximate surface area is 144 Å². The molecule has 1 atom stereocenters. The lowest BCUT2D eigenvalue weighted by Gasteiger charge is -2.34. The van der Waals surface area contributed by atoms with E-state index in [1.54, 1.807) is 35.3 Å². The second-order valence-corrected chi connectivity index (χ2v) is 6.32. The van der Waals surface area contributed by atoms with Gasteiger partial charge in [0.05, 0.1) is 18.1 Å². The summed E-state index contributed by atoms with van der Waals surface area (Å²) in [6, 6.07) is 6.67. The van der Waals surface area contributed by atoms with Crippen molar-refractivity contribution in [2.45, 2.75) is 20.1 Å². The summed E-state index contributed by atoms with van der Waals surface area (Å²) < 4.78 is 16.4. The number of hydrogen-bond donors (Lipinski definition) is 3. The van der Waals surface area contributed by atoms with E-state index in [-0.39, 0.29) is 11.8 Å². The van der Waals surface area contributed by atoms with Gasteiger partial charge in [-0.15, -0.1) is 0 Å².